The summed E-state index contributed by atoms with van der Waals surface area (Å²) >= 11 is 0. The van der Waals surface area contributed by atoms with E-state index >= 15 is 0 Å². The summed E-state index contributed by atoms with van der Waals surface area (Å²) < 4.78 is 0. The summed E-state index contributed by atoms with van der Waals surface area (Å²) in [5.74, 6) is 0.333. The van der Waals surface area contributed by atoms with Gasteiger partial charge in [-0.2, -0.15) is 0 Å². The summed E-state index contributed by atoms with van der Waals surface area (Å²) in [5, 5.41) is 3.09. The number of nitrogens with zero attached hydrogens (tertiary/aromatic N) is 1. The van der Waals surface area contributed by atoms with E-state index in [0.717, 1.165) is 32.5 Å². The van der Waals surface area contributed by atoms with Crippen LogP contribution in [0.5, 0.6) is 0 Å². The molecule has 1 fully saturated rings. The van der Waals surface area contributed by atoms with Gasteiger partial charge in [0.25, 0.3) is 0 Å². The molecule has 1 aliphatic rings. The fourth-order valence-corrected chi connectivity index (χ4v) is 3.21. The van der Waals surface area contributed by atoms with Gasteiger partial charge in [0.05, 0.1) is 0 Å². The Morgan fingerprint density at radius 1 is 1.38 bits per heavy atom. The molecule has 1 aromatic rings. The van der Waals surface area contributed by atoms with Crippen molar-refractivity contribution in [2.75, 3.05) is 26.7 Å². The summed E-state index contributed by atoms with van der Waals surface area (Å²) in [6, 6.07) is 10.6. The van der Waals surface area contributed by atoms with Gasteiger partial charge in [-0.1, -0.05) is 44.2 Å². The van der Waals surface area contributed by atoms with Crippen LogP contribution in [0.4, 0.5) is 0 Å². The minimum atomic E-state index is 0. The maximum Gasteiger partial charge on any atom is 0.226 e. The first-order valence-corrected chi connectivity index (χ1v) is 7.56. The quantitative estimate of drug-likeness (QED) is 0.927. The minimum Gasteiger partial charge on any atom is -0.342 e. The normalized spacial score (nSPS) is 23.3. The van der Waals surface area contributed by atoms with Gasteiger partial charge in [-0.25, -0.2) is 0 Å². The lowest BCUT2D eigenvalue weighted by molar-refractivity contribution is -0.137. The largest absolute Gasteiger partial charge is 0.342 e. The molecular weight excluding hydrogens is 284 g/mol. The highest BCUT2D eigenvalue weighted by Crippen LogP contribution is 2.33. The fourth-order valence-electron chi connectivity index (χ4n) is 3.21. The molecule has 0 saturated carbocycles. The highest BCUT2D eigenvalue weighted by molar-refractivity contribution is 5.85. The standard InChI is InChI=1S/C17H26N2O.ClH/c1-14(12-18-3)16(20)19-11-7-10-17(2,13-19)15-8-5-4-6-9-15;/h4-6,8-9,14,18H,7,10-13H2,1-3H3;1H. The van der Waals surface area contributed by atoms with Gasteiger partial charge in [0.1, 0.15) is 0 Å². The Hall–Kier alpha value is -1.06. The summed E-state index contributed by atoms with van der Waals surface area (Å²) in [6.07, 6.45) is 2.24. The van der Waals surface area contributed by atoms with Crippen LogP contribution in [0.3, 0.4) is 0 Å². The molecule has 4 heteroatoms. The van der Waals surface area contributed by atoms with Crippen LogP contribution in [0.2, 0.25) is 0 Å². The van der Waals surface area contributed by atoms with Crippen LogP contribution in [0.15, 0.2) is 30.3 Å². The molecule has 0 bridgehead atoms. The molecule has 2 atom stereocenters. The summed E-state index contributed by atoms with van der Waals surface area (Å²) in [7, 11) is 1.90. The lowest BCUT2D eigenvalue weighted by Crippen LogP contribution is -2.49. The molecule has 1 aliphatic heterocycles. The first-order valence-electron chi connectivity index (χ1n) is 7.56. The monoisotopic (exact) mass is 310 g/mol. The Morgan fingerprint density at radius 3 is 2.67 bits per heavy atom. The zero-order valence-corrected chi connectivity index (χ0v) is 14.1. The Labute approximate surface area is 134 Å². The van der Waals surface area contributed by atoms with Crippen LogP contribution in [0.25, 0.3) is 0 Å². The molecule has 1 amide bonds. The van der Waals surface area contributed by atoms with Crippen molar-refractivity contribution in [3.63, 3.8) is 0 Å². The Morgan fingerprint density at radius 2 is 2.05 bits per heavy atom. The number of hydrogen-bond acceptors (Lipinski definition) is 2. The predicted molar refractivity (Wildman–Crippen MR) is 89.9 cm³/mol. The third-order valence-electron chi connectivity index (χ3n) is 4.41. The Kier molecular flexibility index (Phi) is 6.69. The van der Waals surface area contributed by atoms with Crippen molar-refractivity contribution in [2.24, 2.45) is 5.92 Å². The maximum atomic E-state index is 12.5. The van der Waals surface area contributed by atoms with Crippen molar-refractivity contribution in [3.8, 4) is 0 Å². The van der Waals surface area contributed by atoms with E-state index in [1.807, 2.05) is 20.0 Å². The van der Waals surface area contributed by atoms with Crippen LogP contribution >= 0.6 is 12.4 Å². The van der Waals surface area contributed by atoms with Crippen molar-refractivity contribution in [3.05, 3.63) is 35.9 Å². The SMILES string of the molecule is CNCC(C)C(=O)N1CCCC(C)(c2ccccc2)C1.Cl. The van der Waals surface area contributed by atoms with E-state index in [2.05, 4.69) is 41.4 Å². The number of hydrogen-bond donors (Lipinski definition) is 1. The van der Waals surface area contributed by atoms with Gasteiger partial charge in [0.2, 0.25) is 5.91 Å². The van der Waals surface area contributed by atoms with Gasteiger partial charge in [0.15, 0.2) is 0 Å². The molecule has 1 saturated heterocycles. The number of carbonyl (C=O) groups excluding carboxylic acids is 1. The van der Waals surface area contributed by atoms with E-state index in [9.17, 15) is 4.79 Å². The molecule has 118 valence electrons. The molecule has 3 nitrogen and oxygen atoms in total. The lowest BCUT2D eigenvalue weighted by atomic mass is 9.75. The molecule has 1 aromatic carbocycles. The van der Waals surface area contributed by atoms with Crippen LogP contribution in [-0.2, 0) is 10.2 Å². The highest BCUT2D eigenvalue weighted by atomic mass is 35.5. The number of carbonyl (C=O) groups is 1. The van der Waals surface area contributed by atoms with Crippen LogP contribution < -0.4 is 5.32 Å². The first kappa shape index (κ1) is 18.0. The number of piperidine rings is 1. The number of likely N-dealkylation sites (tertiary alicyclic amines) is 1. The maximum absolute atomic E-state index is 12.5. The number of nitrogens with one attached hydrogen (secondary N) is 1. The molecular formula is C17H27ClN2O. The third-order valence-corrected chi connectivity index (χ3v) is 4.41. The van der Waals surface area contributed by atoms with Gasteiger partial charge in [-0.3, -0.25) is 4.79 Å². The second kappa shape index (κ2) is 7.81. The zero-order chi connectivity index (χ0) is 14.6. The van der Waals surface area contributed by atoms with Gasteiger partial charge in [0, 0.05) is 31.0 Å². The number of benzene rings is 1. The molecule has 2 unspecified atom stereocenters. The van der Waals surface area contributed by atoms with E-state index in [0.29, 0.717) is 0 Å². The molecule has 0 aromatic heterocycles. The summed E-state index contributed by atoms with van der Waals surface area (Å²) in [5.41, 5.74) is 1.44. The highest BCUT2D eigenvalue weighted by Gasteiger charge is 2.35. The molecule has 0 radical (unpaired) electrons. The van der Waals surface area contributed by atoms with E-state index in [1.54, 1.807) is 0 Å². The van der Waals surface area contributed by atoms with Crippen molar-refractivity contribution >= 4 is 18.3 Å². The first-order chi connectivity index (χ1) is 9.57. The average molecular weight is 311 g/mol. The van der Waals surface area contributed by atoms with E-state index in [-0.39, 0.29) is 29.6 Å². The fraction of sp³-hybridized carbons (Fsp3) is 0.588. The molecule has 0 aliphatic carbocycles. The summed E-state index contributed by atoms with van der Waals surface area (Å²) in [6.45, 7) is 6.77. The minimum absolute atomic E-state index is 0. The van der Waals surface area contributed by atoms with E-state index in [1.165, 1.54) is 5.56 Å². The van der Waals surface area contributed by atoms with Crippen molar-refractivity contribution in [2.45, 2.75) is 32.1 Å². The van der Waals surface area contributed by atoms with Crippen LogP contribution in [0.1, 0.15) is 32.3 Å². The third kappa shape index (κ3) is 4.21. The molecule has 2 rings (SSSR count). The topological polar surface area (TPSA) is 32.3 Å². The van der Waals surface area contributed by atoms with Gasteiger partial charge < -0.3 is 10.2 Å². The van der Waals surface area contributed by atoms with E-state index < -0.39 is 0 Å². The van der Waals surface area contributed by atoms with Crippen LogP contribution in [0, 0.1) is 5.92 Å². The summed E-state index contributed by atoms with van der Waals surface area (Å²) in [4.78, 5) is 14.5. The zero-order valence-electron chi connectivity index (χ0n) is 13.3. The van der Waals surface area contributed by atoms with Crippen molar-refractivity contribution < 1.29 is 4.79 Å². The lowest BCUT2D eigenvalue weighted by Gasteiger charge is -2.41. The second-order valence-corrected chi connectivity index (χ2v) is 6.25. The van der Waals surface area contributed by atoms with Crippen LogP contribution in [-0.4, -0.2) is 37.5 Å². The molecule has 0 spiro atoms. The Bertz CT molecular complexity index is 451. The smallest absolute Gasteiger partial charge is 0.226 e. The van der Waals surface area contributed by atoms with Crippen molar-refractivity contribution in [1.29, 1.82) is 0 Å². The molecule has 21 heavy (non-hydrogen) atoms. The molecule has 1 heterocycles. The van der Waals surface area contributed by atoms with Gasteiger partial charge in [-0.15, -0.1) is 12.4 Å². The number of rotatable bonds is 4. The van der Waals surface area contributed by atoms with Gasteiger partial charge in [-0.05, 0) is 25.5 Å². The molecule has 1 N–H and O–H groups in total. The predicted octanol–water partition coefficient (Wildman–Crippen LogP) is 2.84. The number of halogens is 1. The number of amides is 1. The van der Waals surface area contributed by atoms with E-state index in [4.69, 9.17) is 0 Å². The second-order valence-electron chi connectivity index (χ2n) is 6.25. The van der Waals surface area contributed by atoms with Crippen molar-refractivity contribution in [1.82, 2.24) is 10.2 Å². The Balaban J connectivity index is 0.00000220. The average Bonchev–Trinajstić information content (AvgIpc) is 2.48. The van der Waals surface area contributed by atoms with Gasteiger partial charge >= 0.3 is 0 Å².